The Kier molecular flexibility index (Phi) is 3.90. The molecule has 0 spiro atoms. The van der Waals surface area contributed by atoms with Gasteiger partial charge in [-0.15, -0.1) is 0 Å². The second-order valence-electron chi connectivity index (χ2n) is 7.78. The van der Waals surface area contributed by atoms with E-state index < -0.39 is 0 Å². The molecule has 0 aromatic heterocycles. The van der Waals surface area contributed by atoms with E-state index in [1.165, 1.54) is 57.8 Å². The molecule has 2 aliphatic carbocycles. The van der Waals surface area contributed by atoms with Crippen LogP contribution in [0.2, 0.25) is 0 Å². The maximum atomic E-state index is 2.59. The zero-order chi connectivity index (χ0) is 12.5. The number of hydrogen-bond donors (Lipinski definition) is 0. The van der Waals surface area contributed by atoms with Gasteiger partial charge in [0.2, 0.25) is 0 Å². The summed E-state index contributed by atoms with van der Waals surface area (Å²) in [6.07, 6.45) is 13.3. The van der Waals surface area contributed by atoms with Crippen LogP contribution in [0.1, 0.15) is 85.5 Å². The van der Waals surface area contributed by atoms with Crippen LogP contribution < -0.4 is 0 Å². The van der Waals surface area contributed by atoms with Crippen molar-refractivity contribution in [2.24, 2.45) is 22.7 Å². The number of hydrogen-bond acceptors (Lipinski definition) is 0. The minimum absolute atomic E-state index is 0.638. The highest BCUT2D eigenvalue weighted by atomic mass is 14.5. The third-order valence-corrected chi connectivity index (χ3v) is 6.46. The fraction of sp³-hybridized carbons (Fsp3) is 1.00. The molecule has 2 rings (SSSR count). The lowest BCUT2D eigenvalue weighted by molar-refractivity contribution is 0.0105. The van der Waals surface area contributed by atoms with E-state index in [-0.39, 0.29) is 0 Å². The Bertz CT molecular complexity index is 231. The van der Waals surface area contributed by atoms with Crippen molar-refractivity contribution in [2.45, 2.75) is 85.5 Å². The monoisotopic (exact) mass is 236 g/mol. The molecule has 0 nitrogen and oxygen atoms in total. The smallest absolute Gasteiger partial charge is 0.0295 e. The predicted octanol–water partition coefficient (Wildman–Crippen LogP) is 5.81. The fourth-order valence-corrected chi connectivity index (χ4v) is 4.60. The average Bonchev–Trinajstić information content (AvgIpc) is 2.27. The molecule has 0 saturated heterocycles. The van der Waals surface area contributed by atoms with Gasteiger partial charge in [0.25, 0.3) is 0 Å². The van der Waals surface area contributed by atoms with Crippen molar-refractivity contribution in [3.8, 4) is 0 Å². The Hall–Kier alpha value is 0. The molecule has 0 bridgehead atoms. The molecule has 0 amide bonds. The molecule has 17 heavy (non-hydrogen) atoms. The van der Waals surface area contributed by atoms with Crippen LogP contribution in [0.25, 0.3) is 0 Å². The predicted molar refractivity (Wildman–Crippen MR) is 76.1 cm³/mol. The lowest BCUT2D eigenvalue weighted by Gasteiger charge is -2.49. The van der Waals surface area contributed by atoms with E-state index in [9.17, 15) is 0 Å². The third kappa shape index (κ3) is 2.71. The Morgan fingerprint density at radius 3 is 1.53 bits per heavy atom. The van der Waals surface area contributed by atoms with Crippen molar-refractivity contribution in [1.82, 2.24) is 0 Å². The van der Waals surface area contributed by atoms with Crippen LogP contribution in [0.5, 0.6) is 0 Å². The van der Waals surface area contributed by atoms with Gasteiger partial charge in [-0.05, 0) is 41.9 Å². The van der Waals surface area contributed by atoms with Crippen LogP contribution >= 0.6 is 0 Å². The van der Waals surface area contributed by atoms with E-state index in [0.29, 0.717) is 10.8 Å². The molecular weight excluding hydrogens is 204 g/mol. The van der Waals surface area contributed by atoms with Gasteiger partial charge < -0.3 is 0 Å². The minimum atomic E-state index is 0.638. The molecule has 2 fully saturated rings. The highest BCUT2D eigenvalue weighted by molar-refractivity contribution is 4.93. The molecule has 0 heteroatoms. The first-order valence-electron chi connectivity index (χ1n) is 7.96. The maximum absolute atomic E-state index is 2.59. The topological polar surface area (TPSA) is 0 Å². The van der Waals surface area contributed by atoms with Gasteiger partial charge in [0.1, 0.15) is 0 Å². The van der Waals surface area contributed by atoms with Crippen molar-refractivity contribution in [3.63, 3.8) is 0 Å². The zero-order valence-electron chi connectivity index (χ0n) is 12.5. The summed E-state index contributed by atoms with van der Waals surface area (Å²) >= 11 is 0. The first kappa shape index (κ1) is 13.4. The molecular formula is C17H32. The van der Waals surface area contributed by atoms with Crippen LogP contribution in [0.4, 0.5) is 0 Å². The van der Waals surface area contributed by atoms with E-state index in [1.807, 2.05) is 0 Å². The van der Waals surface area contributed by atoms with Gasteiger partial charge in [-0.3, -0.25) is 0 Å². The second kappa shape index (κ2) is 4.94. The SMILES string of the molecule is CC1CCCCC1(C)CC1(C)CCCCC1C. The second-order valence-corrected chi connectivity index (χ2v) is 7.78. The molecule has 0 aromatic rings. The highest BCUT2D eigenvalue weighted by Gasteiger charge is 2.43. The largest absolute Gasteiger partial charge is 0.0620 e. The summed E-state index contributed by atoms with van der Waals surface area (Å²) in [5.41, 5.74) is 1.27. The quantitative estimate of drug-likeness (QED) is 0.567. The third-order valence-electron chi connectivity index (χ3n) is 6.46. The summed E-state index contributed by atoms with van der Waals surface area (Å²) in [4.78, 5) is 0. The van der Waals surface area contributed by atoms with Crippen molar-refractivity contribution >= 4 is 0 Å². The van der Waals surface area contributed by atoms with E-state index in [0.717, 1.165) is 11.8 Å². The molecule has 0 N–H and O–H groups in total. The van der Waals surface area contributed by atoms with E-state index in [1.54, 1.807) is 0 Å². The molecule has 0 aliphatic heterocycles. The molecule has 0 radical (unpaired) electrons. The summed E-state index contributed by atoms with van der Waals surface area (Å²) in [5, 5.41) is 0. The van der Waals surface area contributed by atoms with Crippen molar-refractivity contribution in [2.75, 3.05) is 0 Å². The van der Waals surface area contributed by atoms with Crippen LogP contribution in [0.15, 0.2) is 0 Å². The molecule has 2 saturated carbocycles. The summed E-state index contributed by atoms with van der Waals surface area (Å²) < 4.78 is 0. The normalized spacial score (nSPS) is 48.0. The Labute approximate surface area is 109 Å². The summed E-state index contributed by atoms with van der Waals surface area (Å²) in [6.45, 7) is 10.2. The molecule has 0 heterocycles. The van der Waals surface area contributed by atoms with Gasteiger partial charge in [-0.1, -0.05) is 66.2 Å². The van der Waals surface area contributed by atoms with Gasteiger partial charge in [0.15, 0.2) is 0 Å². The molecule has 100 valence electrons. The lowest BCUT2D eigenvalue weighted by atomic mass is 9.56. The molecule has 4 atom stereocenters. The van der Waals surface area contributed by atoms with Gasteiger partial charge in [0, 0.05) is 0 Å². The van der Waals surface area contributed by atoms with Crippen LogP contribution in [-0.4, -0.2) is 0 Å². The molecule has 4 unspecified atom stereocenters. The van der Waals surface area contributed by atoms with Crippen molar-refractivity contribution in [3.05, 3.63) is 0 Å². The average molecular weight is 236 g/mol. The Morgan fingerprint density at radius 1 is 0.765 bits per heavy atom. The first-order valence-corrected chi connectivity index (χ1v) is 7.96. The van der Waals surface area contributed by atoms with Gasteiger partial charge in [-0.2, -0.15) is 0 Å². The molecule has 0 aromatic carbocycles. The highest BCUT2D eigenvalue weighted by Crippen LogP contribution is 2.54. The Morgan fingerprint density at radius 2 is 1.18 bits per heavy atom. The Balaban J connectivity index is 2.07. The molecule has 2 aliphatic rings. The van der Waals surface area contributed by atoms with E-state index in [4.69, 9.17) is 0 Å². The van der Waals surface area contributed by atoms with Crippen LogP contribution in [0.3, 0.4) is 0 Å². The van der Waals surface area contributed by atoms with E-state index >= 15 is 0 Å². The number of rotatable bonds is 2. The summed E-state index contributed by atoms with van der Waals surface area (Å²) in [6, 6.07) is 0. The van der Waals surface area contributed by atoms with Gasteiger partial charge >= 0.3 is 0 Å². The van der Waals surface area contributed by atoms with Gasteiger partial charge in [-0.25, -0.2) is 0 Å². The van der Waals surface area contributed by atoms with Crippen LogP contribution in [0, 0.1) is 22.7 Å². The van der Waals surface area contributed by atoms with Crippen molar-refractivity contribution < 1.29 is 0 Å². The maximum Gasteiger partial charge on any atom is -0.0295 e. The van der Waals surface area contributed by atoms with Crippen LogP contribution in [-0.2, 0) is 0 Å². The van der Waals surface area contributed by atoms with Crippen molar-refractivity contribution in [1.29, 1.82) is 0 Å². The first-order chi connectivity index (χ1) is 7.96. The fourth-order valence-electron chi connectivity index (χ4n) is 4.60. The van der Waals surface area contributed by atoms with E-state index in [2.05, 4.69) is 27.7 Å². The summed E-state index contributed by atoms with van der Waals surface area (Å²) in [5.74, 6) is 1.89. The lowest BCUT2D eigenvalue weighted by Crippen LogP contribution is -2.39. The minimum Gasteiger partial charge on any atom is -0.0620 e. The van der Waals surface area contributed by atoms with Gasteiger partial charge in [0.05, 0.1) is 0 Å². The summed E-state index contributed by atoms with van der Waals surface area (Å²) in [7, 11) is 0. The standard InChI is InChI=1S/C17H32/c1-14-9-5-7-11-16(14,3)13-17(4)12-8-6-10-15(17)2/h14-15H,5-13H2,1-4H3. The zero-order valence-corrected chi connectivity index (χ0v) is 12.5.